The van der Waals surface area contributed by atoms with E-state index in [9.17, 15) is 4.79 Å². The average Bonchev–Trinajstić information content (AvgIpc) is 3.22. The van der Waals surface area contributed by atoms with Crippen LogP contribution in [0.1, 0.15) is 46.3 Å². The van der Waals surface area contributed by atoms with E-state index in [1.165, 1.54) is 0 Å². The van der Waals surface area contributed by atoms with Crippen molar-refractivity contribution in [2.45, 2.75) is 31.8 Å². The van der Waals surface area contributed by atoms with Gasteiger partial charge in [0.25, 0.3) is 5.91 Å². The number of hydrogen-bond acceptors (Lipinski definition) is 6. The van der Waals surface area contributed by atoms with Gasteiger partial charge in [-0.1, -0.05) is 6.07 Å². The Kier molecular flexibility index (Phi) is 4.94. The van der Waals surface area contributed by atoms with Gasteiger partial charge in [0.05, 0.1) is 20.3 Å². The summed E-state index contributed by atoms with van der Waals surface area (Å²) in [4.78, 5) is 24.6. The lowest BCUT2D eigenvalue weighted by atomic mass is 10.1. The summed E-state index contributed by atoms with van der Waals surface area (Å²) in [6, 6.07) is 5.26. The Morgan fingerprint density at radius 2 is 2.04 bits per heavy atom. The zero-order chi connectivity index (χ0) is 18.8. The summed E-state index contributed by atoms with van der Waals surface area (Å²) in [5, 5.41) is 3.33. The number of hydrogen-bond donors (Lipinski definition) is 1. The SMILES string of the molecule is COc1cccc(OC)c1C(=O)N1CCC[C@H]1c1ncc2c(n1)CCNC2. The standard InChI is InChI=1S/C20H24N4O3/c1-26-16-6-3-7-17(27-2)18(16)20(25)24-10-4-5-15(24)19-22-12-13-11-21-9-8-14(13)23-19/h3,6-7,12,15,21H,4-5,8-11H2,1-2H3/t15-/m0/s1. The Bertz CT molecular complexity index is 833. The second-order valence-electron chi connectivity index (χ2n) is 6.82. The number of likely N-dealkylation sites (tertiary alicyclic amines) is 1. The second kappa shape index (κ2) is 7.52. The molecule has 2 aliphatic rings. The van der Waals surface area contributed by atoms with E-state index >= 15 is 0 Å². The van der Waals surface area contributed by atoms with Gasteiger partial charge in [0.1, 0.15) is 17.1 Å². The van der Waals surface area contributed by atoms with Gasteiger partial charge < -0.3 is 19.7 Å². The fraction of sp³-hybridized carbons (Fsp3) is 0.450. The summed E-state index contributed by atoms with van der Waals surface area (Å²) < 4.78 is 10.8. The van der Waals surface area contributed by atoms with Crippen molar-refractivity contribution in [3.63, 3.8) is 0 Å². The number of carbonyl (C=O) groups is 1. The minimum Gasteiger partial charge on any atom is -0.496 e. The van der Waals surface area contributed by atoms with Crippen molar-refractivity contribution in [3.05, 3.63) is 47.0 Å². The van der Waals surface area contributed by atoms with Gasteiger partial charge in [0, 0.05) is 43.5 Å². The molecule has 0 aliphatic carbocycles. The van der Waals surface area contributed by atoms with Crippen LogP contribution in [0.15, 0.2) is 24.4 Å². The quantitative estimate of drug-likeness (QED) is 0.891. The Morgan fingerprint density at radius 1 is 1.26 bits per heavy atom. The summed E-state index contributed by atoms with van der Waals surface area (Å²) in [6.45, 7) is 2.41. The molecule has 142 valence electrons. The van der Waals surface area contributed by atoms with Gasteiger partial charge in [0.15, 0.2) is 5.82 Å². The molecule has 0 radical (unpaired) electrons. The van der Waals surface area contributed by atoms with Crippen LogP contribution in [0.5, 0.6) is 11.5 Å². The number of fused-ring (bicyclic) bond motifs is 1. The van der Waals surface area contributed by atoms with Crippen LogP contribution in [-0.2, 0) is 13.0 Å². The molecular weight excluding hydrogens is 344 g/mol. The number of ether oxygens (including phenoxy) is 2. The normalized spacial score (nSPS) is 18.9. The van der Waals surface area contributed by atoms with Crippen molar-refractivity contribution in [3.8, 4) is 11.5 Å². The van der Waals surface area contributed by atoms with Gasteiger partial charge in [0.2, 0.25) is 0 Å². The Hall–Kier alpha value is -2.67. The molecule has 4 rings (SSSR count). The molecule has 0 unspecified atom stereocenters. The van der Waals surface area contributed by atoms with Crippen LogP contribution in [0.2, 0.25) is 0 Å². The van der Waals surface area contributed by atoms with E-state index in [-0.39, 0.29) is 11.9 Å². The van der Waals surface area contributed by atoms with Gasteiger partial charge in [-0.15, -0.1) is 0 Å². The minimum atomic E-state index is -0.118. The van der Waals surface area contributed by atoms with Crippen molar-refractivity contribution < 1.29 is 14.3 Å². The molecule has 0 spiro atoms. The predicted octanol–water partition coefficient (Wildman–Crippen LogP) is 2.12. The number of carbonyl (C=O) groups excluding carboxylic acids is 1. The lowest BCUT2D eigenvalue weighted by molar-refractivity contribution is 0.0722. The fourth-order valence-corrected chi connectivity index (χ4v) is 3.90. The molecule has 1 atom stereocenters. The Balaban J connectivity index is 1.67. The molecule has 7 nitrogen and oxygen atoms in total. The summed E-state index contributed by atoms with van der Waals surface area (Å²) in [5.74, 6) is 1.66. The smallest absolute Gasteiger partial charge is 0.262 e. The predicted molar refractivity (Wildman–Crippen MR) is 100 cm³/mol. The first kappa shape index (κ1) is 17.7. The Morgan fingerprint density at radius 3 is 2.78 bits per heavy atom. The highest BCUT2D eigenvalue weighted by Gasteiger charge is 2.35. The first-order chi connectivity index (χ1) is 13.2. The third-order valence-electron chi connectivity index (χ3n) is 5.28. The molecule has 2 aliphatic heterocycles. The zero-order valence-electron chi connectivity index (χ0n) is 15.7. The maximum absolute atomic E-state index is 13.4. The molecule has 0 saturated carbocycles. The van der Waals surface area contributed by atoms with Crippen LogP contribution in [0.3, 0.4) is 0 Å². The van der Waals surface area contributed by atoms with E-state index in [2.05, 4.69) is 10.3 Å². The van der Waals surface area contributed by atoms with Crippen LogP contribution >= 0.6 is 0 Å². The fourth-order valence-electron chi connectivity index (χ4n) is 3.90. The largest absolute Gasteiger partial charge is 0.496 e. The third kappa shape index (κ3) is 3.23. The van der Waals surface area contributed by atoms with E-state index in [0.29, 0.717) is 23.6 Å². The zero-order valence-corrected chi connectivity index (χ0v) is 15.7. The minimum absolute atomic E-state index is 0.102. The molecule has 7 heteroatoms. The van der Waals surface area contributed by atoms with Crippen molar-refractivity contribution in [1.29, 1.82) is 0 Å². The molecular formula is C20H24N4O3. The Labute approximate surface area is 158 Å². The lowest BCUT2D eigenvalue weighted by Crippen LogP contribution is -2.33. The summed E-state index contributed by atoms with van der Waals surface area (Å²) in [5.41, 5.74) is 2.69. The molecule has 1 aromatic carbocycles. The monoisotopic (exact) mass is 368 g/mol. The van der Waals surface area contributed by atoms with Gasteiger partial charge >= 0.3 is 0 Å². The van der Waals surface area contributed by atoms with Crippen LogP contribution in [0.25, 0.3) is 0 Å². The van der Waals surface area contributed by atoms with E-state index in [1.807, 2.05) is 17.2 Å². The van der Waals surface area contributed by atoms with E-state index in [4.69, 9.17) is 14.5 Å². The first-order valence-corrected chi connectivity index (χ1v) is 9.30. The number of nitrogens with zero attached hydrogens (tertiary/aromatic N) is 3. The number of aromatic nitrogens is 2. The van der Waals surface area contributed by atoms with Crippen molar-refractivity contribution >= 4 is 5.91 Å². The van der Waals surface area contributed by atoms with Crippen LogP contribution in [0.4, 0.5) is 0 Å². The molecule has 1 aromatic heterocycles. The number of benzene rings is 1. The summed E-state index contributed by atoms with van der Waals surface area (Å²) >= 11 is 0. The average molecular weight is 368 g/mol. The molecule has 1 N–H and O–H groups in total. The van der Waals surface area contributed by atoms with Gasteiger partial charge in [-0.2, -0.15) is 0 Å². The number of rotatable bonds is 4. The highest BCUT2D eigenvalue weighted by Crippen LogP contribution is 2.36. The molecule has 27 heavy (non-hydrogen) atoms. The van der Waals surface area contributed by atoms with Crippen LogP contribution in [0, 0.1) is 0 Å². The van der Waals surface area contributed by atoms with Gasteiger partial charge in [-0.05, 0) is 25.0 Å². The second-order valence-corrected chi connectivity index (χ2v) is 6.82. The number of nitrogens with one attached hydrogen (secondary N) is 1. The number of methoxy groups -OCH3 is 2. The molecule has 1 fully saturated rings. The van der Waals surface area contributed by atoms with Gasteiger partial charge in [-0.25, -0.2) is 9.97 Å². The lowest BCUT2D eigenvalue weighted by Gasteiger charge is -2.26. The number of amides is 1. The maximum Gasteiger partial charge on any atom is 0.262 e. The van der Waals surface area contributed by atoms with Gasteiger partial charge in [-0.3, -0.25) is 4.79 Å². The molecule has 3 heterocycles. The molecule has 0 bridgehead atoms. The highest BCUT2D eigenvalue weighted by atomic mass is 16.5. The van der Waals surface area contributed by atoms with E-state index in [1.54, 1.807) is 26.4 Å². The van der Waals surface area contributed by atoms with E-state index < -0.39 is 0 Å². The van der Waals surface area contributed by atoms with Crippen molar-refractivity contribution in [2.24, 2.45) is 0 Å². The summed E-state index contributed by atoms with van der Waals surface area (Å²) in [6.07, 6.45) is 4.58. The topological polar surface area (TPSA) is 76.6 Å². The molecule has 1 saturated heterocycles. The van der Waals surface area contributed by atoms with Crippen molar-refractivity contribution in [2.75, 3.05) is 27.3 Å². The van der Waals surface area contributed by atoms with Crippen LogP contribution < -0.4 is 14.8 Å². The third-order valence-corrected chi connectivity index (χ3v) is 5.28. The maximum atomic E-state index is 13.4. The first-order valence-electron chi connectivity index (χ1n) is 9.30. The van der Waals surface area contributed by atoms with Crippen molar-refractivity contribution in [1.82, 2.24) is 20.2 Å². The molecule has 2 aromatic rings. The van der Waals surface area contributed by atoms with E-state index in [0.717, 1.165) is 49.4 Å². The highest BCUT2D eigenvalue weighted by molar-refractivity contribution is 6.00. The summed E-state index contributed by atoms with van der Waals surface area (Å²) in [7, 11) is 3.13. The van der Waals surface area contributed by atoms with Crippen LogP contribution in [-0.4, -0.2) is 48.1 Å². The molecule has 1 amide bonds.